The van der Waals surface area contributed by atoms with Gasteiger partial charge in [0.05, 0.1) is 20.3 Å². The number of benzene rings is 3. The van der Waals surface area contributed by atoms with Crippen molar-refractivity contribution in [3.8, 4) is 5.75 Å². The van der Waals surface area contributed by atoms with Crippen LogP contribution in [0, 0.1) is 0 Å². The van der Waals surface area contributed by atoms with Crippen LogP contribution < -0.4 is 4.74 Å². The molecule has 0 unspecified atom stereocenters. The van der Waals surface area contributed by atoms with Gasteiger partial charge in [0.15, 0.2) is 0 Å². The highest BCUT2D eigenvalue weighted by Gasteiger charge is 2.36. The first kappa shape index (κ1) is 22.7. The Morgan fingerprint density at radius 3 is 1.82 bits per heavy atom. The van der Waals surface area contributed by atoms with Crippen LogP contribution in [-0.4, -0.2) is 18.0 Å². The standard InChI is InChI=1S/C29H28O4/c1-3-25-20-26(31-2)14-15-27(25)28(30)16-18-29(19-17-28,32-21-23-10-6-4-7-11-23)33-22-24-12-8-5-9-13-24/h3-20,30H,1,21-22H2,2H3. The minimum absolute atomic E-state index is 0.364. The molecule has 0 saturated carbocycles. The summed E-state index contributed by atoms with van der Waals surface area (Å²) in [6.45, 7) is 4.61. The number of aliphatic hydroxyl groups is 1. The van der Waals surface area contributed by atoms with Crippen molar-refractivity contribution in [3.05, 3.63) is 132 Å². The van der Waals surface area contributed by atoms with Crippen molar-refractivity contribution in [2.75, 3.05) is 7.11 Å². The van der Waals surface area contributed by atoms with Gasteiger partial charge in [0.25, 0.3) is 0 Å². The van der Waals surface area contributed by atoms with Gasteiger partial charge in [-0.05, 0) is 58.7 Å². The van der Waals surface area contributed by atoms with Crippen LogP contribution in [-0.2, 0) is 28.3 Å². The molecule has 3 aromatic rings. The molecule has 0 saturated heterocycles. The van der Waals surface area contributed by atoms with Crippen molar-refractivity contribution in [1.82, 2.24) is 0 Å². The van der Waals surface area contributed by atoms with Crippen molar-refractivity contribution in [3.63, 3.8) is 0 Å². The van der Waals surface area contributed by atoms with Crippen LogP contribution in [0.25, 0.3) is 6.08 Å². The maximum absolute atomic E-state index is 11.4. The van der Waals surface area contributed by atoms with Gasteiger partial charge in [0, 0.05) is 0 Å². The zero-order valence-electron chi connectivity index (χ0n) is 18.7. The van der Waals surface area contributed by atoms with Gasteiger partial charge in [-0.3, -0.25) is 0 Å². The van der Waals surface area contributed by atoms with E-state index in [1.54, 1.807) is 37.5 Å². The van der Waals surface area contributed by atoms with Crippen molar-refractivity contribution < 1.29 is 19.3 Å². The summed E-state index contributed by atoms with van der Waals surface area (Å²) in [5, 5.41) is 11.4. The van der Waals surface area contributed by atoms with E-state index in [4.69, 9.17) is 14.2 Å². The second-order valence-corrected chi connectivity index (χ2v) is 7.92. The van der Waals surface area contributed by atoms with Gasteiger partial charge >= 0.3 is 0 Å². The Morgan fingerprint density at radius 2 is 1.33 bits per heavy atom. The summed E-state index contributed by atoms with van der Waals surface area (Å²) in [5.74, 6) is -0.411. The van der Waals surface area contributed by atoms with Crippen LogP contribution in [0.1, 0.15) is 22.3 Å². The Morgan fingerprint density at radius 1 is 0.788 bits per heavy atom. The molecule has 4 nitrogen and oxygen atoms in total. The zero-order valence-corrected chi connectivity index (χ0v) is 18.7. The predicted molar refractivity (Wildman–Crippen MR) is 130 cm³/mol. The zero-order chi connectivity index (χ0) is 23.2. The van der Waals surface area contributed by atoms with Crippen LogP contribution in [0.5, 0.6) is 5.75 Å². The van der Waals surface area contributed by atoms with Gasteiger partial charge in [-0.2, -0.15) is 0 Å². The lowest BCUT2D eigenvalue weighted by Gasteiger charge is -2.35. The molecule has 168 valence electrons. The van der Waals surface area contributed by atoms with E-state index < -0.39 is 11.4 Å². The van der Waals surface area contributed by atoms with E-state index in [0.717, 1.165) is 16.7 Å². The summed E-state index contributed by atoms with van der Waals surface area (Å²) in [4.78, 5) is 0. The fraction of sp³-hybridized carbons (Fsp3) is 0.172. The Hall–Kier alpha value is -3.44. The van der Waals surface area contributed by atoms with Crippen molar-refractivity contribution in [2.24, 2.45) is 0 Å². The van der Waals surface area contributed by atoms with Crippen LogP contribution >= 0.6 is 0 Å². The molecule has 1 aliphatic rings. The molecule has 1 N–H and O–H groups in total. The third-order valence-electron chi connectivity index (χ3n) is 5.66. The molecule has 4 rings (SSSR count). The second kappa shape index (κ2) is 10.0. The summed E-state index contributed by atoms with van der Waals surface area (Å²) in [7, 11) is 1.61. The molecule has 0 atom stereocenters. The van der Waals surface area contributed by atoms with Gasteiger partial charge in [-0.1, -0.05) is 79.4 Å². The molecule has 0 amide bonds. The van der Waals surface area contributed by atoms with Gasteiger partial charge in [-0.15, -0.1) is 0 Å². The van der Waals surface area contributed by atoms with E-state index >= 15 is 0 Å². The van der Waals surface area contributed by atoms with Crippen LogP contribution in [0.3, 0.4) is 0 Å². The lowest BCUT2D eigenvalue weighted by atomic mass is 9.85. The first-order valence-electron chi connectivity index (χ1n) is 10.9. The maximum Gasteiger partial charge on any atom is 0.208 e. The molecule has 0 spiro atoms. The molecule has 0 aromatic heterocycles. The average Bonchev–Trinajstić information content (AvgIpc) is 2.88. The molecule has 0 bridgehead atoms. The van der Waals surface area contributed by atoms with E-state index in [-0.39, 0.29) is 0 Å². The van der Waals surface area contributed by atoms with Crippen LogP contribution in [0.15, 0.2) is 110 Å². The summed E-state index contributed by atoms with van der Waals surface area (Å²) in [6.07, 6.45) is 8.67. The number of hydrogen-bond donors (Lipinski definition) is 1. The Kier molecular flexibility index (Phi) is 6.90. The molecule has 3 aromatic carbocycles. The first-order chi connectivity index (χ1) is 16.1. The molecule has 0 aliphatic heterocycles. The van der Waals surface area contributed by atoms with Gasteiger partial charge in [0.2, 0.25) is 5.79 Å². The summed E-state index contributed by atoms with van der Waals surface area (Å²) in [5.41, 5.74) is 2.23. The van der Waals surface area contributed by atoms with Crippen molar-refractivity contribution >= 4 is 6.08 Å². The van der Waals surface area contributed by atoms with Crippen molar-refractivity contribution in [1.29, 1.82) is 0 Å². The Labute approximate surface area is 195 Å². The average molecular weight is 441 g/mol. The minimum atomic E-state index is -1.33. The predicted octanol–water partition coefficient (Wildman–Crippen LogP) is 5.78. The number of rotatable bonds is 9. The third kappa shape index (κ3) is 5.32. The summed E-state index contributed by atoms with van der Waals surface area (Å²) < 4.78 is 17.8. The fourth-order valence-electron chi connectivity index (χ4n) is 3.75. The monoisotopic (exact) mass is 440 g/mol. The van der Waals surface area contributed by atoms with Crippen molar-refractivity contribution in [2.45, 2.75) is 24.6 Å². The minimum Gasteiger partial charge on any atom is -0.497 e. The van der Waals surface area contributed by atoms with E-state index in [1.807, 2.05) is 78.9 Å². The van der Waals surface area contributed by atoms with Gasteiger partial charge in [0.1, 0.15) is 11.4 Å². The number of methoxy groups -OCH3 is 1. The van der Waals surface area contributed by atoms with E-state index in [0.29, 0.717) is 24.5 Å². The lowest BCUT2D eigenvalue weighted by Crippen LogP contribution is -2.37. The molecule has 4 heteroatoms. The van der Waals surface area contributed by atoms with Crippen LogP contribution in [0.2, 0.25) is 0 Å². The maximum atomic E-state index is 11.4. The summed E-state index contributed by atoms with van der Waals surface area (Å²) in [6, 6.07) is 25.4. The fourth-order valence-corrected chi connectivity index (χ4v) is 3.75. The normalized spacial score (nSPS) is 15.8. The quantitative estimate of drug-likeness (QED) is 0.338. The molecule has 0 fully saturated rings. The van der Waals surface area contributed by atoms with E-state index in [2.05, 4.69) is 6.58 Å². The highest BCUT2D eigenvalue weighted by Crippen LogP contribution is 2.37. The Balaban J connectivity index is 1.60. The molecular weight excluding hydrogens is 412 g/mol. The second-order valence-electron chi connectivity index (χ2n) is 7.92. The van der Waals surface area contributed by atoms with Crippen LogP contribution in [0.4, 0.5) is 0 Å². The van der Waals surface area contributed by atoms with Gasteiger partial charge in [-0.25, -0.2) is 0 Å². The smallest absolute Gasteiger partial charge is 0.208 e. The van der Waals surface area contributed by atoms with E-state index in [1.165, 1.54) is 0 Å². The molecule has 0 radical (unpaired) electrons. The lowest BCUT2D eigenvalue weighted by molar-refractivity contribution is -0.188. The highest BCUT2D eigenvalue weighted by atomic mass is 16.7. The molecule has 1 aliphatic carbocycles. The molecular formula is C29H28O4. The highest BCUT2D eigenvalue weighted by molar-refractivity contribution is 5.59. The molecule has 0 heterocycles. The largest absolute Gasteiger partial charge is 0.497 e. The van der Waals surface area contributed by atoms with E-state index in [9.17, 15) is 5.11 Å². The summed E-state index contributed by atoms with van der Waals surface area (Å²) >= 11 is 0. The van der Waals surface area contributed by atoms with Gasteiger partial charge < -0.3 is 19.3 Å². The Bertz CT molecular complexity index is 1070. The molecule has 33 heavy (non-hydrogen) atoms. The topological polar surface area (TPSA) is 47.9 Å². The first-order valence-corrected chi connectivity index (χ1v) is 10.9. The number of hydrogen-bond acceptors (Lipinski definition) is 4. The number of ether oxygens (including phenoxy) is 3. The third-order valence-corrected chi connectivity index (χ3v) is 5.66. The SMILES string of the molecule is C=Cc1cc(OC)ccc1C1(O)C=CC(OCc2ccccc2)(OCc2ccccc2)C=C1.